The van der Waals surface area contributed by atoms with Crippen molar-refractivity contribution in [2.75, 3.05) is 19.6 Å². The predicted molar refractivity (Wildman–Crippen MR) is 99.5 cm³/mol. The fraction of sp³-hybridized carbons (Fsp3) is 0.368. The Morgan fingerprint density at radius 3 is 2.79 bits per heavy atom. The van der Waals surface area contributed by atoms with Crippen LogP contribution < -0.4 is 10.6 Å². The van der Waals surface area contributed by atoms with Crippen molar-refractivity contribution in [2.24, 2.45) is 0 Å². The van der Waals surface area contributed by atoms with Gasteiger partial charge in [0, 0.05) is 24.0 Å². The second-order valence-electron chi connectivity index (χ2n) is 6.31. The molecule has 5 heteroatoms. The van der Waals surface area contributed by atoms with Crippen LogP contribution in [0.1, 0.15) is 42.2 Å². The van der Waals surface area contributed by atoms with Gasteiger partial charge in [0.05, 0.1) is 0 Å². The Morgan fingerprint density at radius 2 is 2.12 bits per heavy atom. The van der Waals surface area contributed by atoms with Crippen molar-refractivity contribution in [1.29, 1.82) is 0 Å². The van der Waals surface area contributed by atoms with E-state index in [9.17, 15) is 4.79 Å². The van der Waals surface area contributed by atoms with E-state index in [0.717, 1.165) is 30.1 Å². The molecule has 126 valence electrons. The molecular formula is C19H23N3OS. The van der Waals surface area contributed by atoms with E-state index in [1.165, 1.54) is 22.5 Å². The van der Waals surface area contributed by atoms with Gasteiger partial charge in [-0.25, -0.2) is 4.98 Å². The van der Waals surface area contributed by atoms with E-state index < -0.39 is 0 Å². The highest BCUT2D eigenvalue weighted by molar-refractivity contribution is 7.13. The molecule has 24 heavy (non-hydrogen) atoms. The number of nitrogens with zero attached hydrogens (tertiary/aromatic N) is 1. The Morgan fingerprint density at radius 1 is 1.33 bits per heavy atom. The average Bonchev–Trinajstić information content (AvgIpc) is 3.11. The van der Waals surface area contributed by atoms with E-state index in [1.54, 1.807) is 0 Å². The summed E-state index contributed by atoms with van der Waals surface area (Å²) >= 11 is 1.51. The van der Waals surface area contributed by atoms with Crippen molar-refractivity contribution >= 4 is 17.2 Å². The molecule has 0 atom stereocenters. The zero-order valence-electron chi connectivity index (χ0n) is 14.1. The summed E-state index contributed by atoms with van der Waals surface area (Å²) in [7, 11) is 0. The molecule has 1 aromatic carbocycles. The summed E-state index contributed by atoms with van der Waals surface area (Å²) in [5.41, 5.74) is 4.15. The minimum Gasteiger partial charge on any atom is -0.347 e. The van der Waals surface area contributed by atoms with Gasteiger partial charge in [-0.15, -0.1) is 11.3 Å². The molecular weight excluding hydrogens is 318 g/mol. The van der Waals surface area contributed by atoms with Crippen LogP contribution in [0.2, 0.25) is 0 Å². The third-order valence-corrected chi connectivity index (χ3v) is 5.09. The van der Waals surface area contributed by atoms with Gasteiger partial charge in [-0.2, -0.15) is 0 Å². The molecule has 4 nitrogen and oxygen atoms in total. The van der Waals surface area contributed by atoms with Crippen molar-refractivity contribution in [3.63, 3.8) is 0 Å². The molecule has 0 unspecified atom stereocenters. The van der Waals surface area contributed by atoms with Crippen LogP contribution in [0.3, 0.4) is 0 Å². The normalized spacial score (nSPS) is 14.5. The summed E-state index contributed by atoms with van der Waals surface area (Å²) in [6, 6.07) is 8.42. The van der Waals surface area contributed by atoms with Gasteiger partial charge in [0.25, 0.3) is 5.91 Å². The van der Waals surface area contributed by atoms with Gasteiger partial charge in [-0.3, -0.25) is 4.79 Å². The van der Waals surface area contributed by atoms with E-state index in [4.69, 9.17) is 0 Å². The molecule has 0 saturated heterocycles. The molecule has 0 aliphatic carbocycles. The Kier molecular flexibility index (Phi) is 5.43. The van der Waals surface area contributed by atoms with Gasteiger partial charge in [-0.1, -0.05) is 49.8 Å². The number of aromatic nitrogens is 1. The standard InChI is InChI=1S/C19H23N3OS/c1-13(2)15-3-5-16(6-4-15)19-22-17(12-24-19)18(23)21-11-14-7-9-20-10-8-14/h3-7,12-13,20H,8-11H2,1-2H3,(H,21,23). The molecule has 0 saturated carbocycles. The van der Waals surface area contributed by atoms with E-state index >= 15 is 0 Å². The van der Waals surface area contributed by atoms with Crippen LogP contribution in [-0.4, -0.2) is 30.5 Å². The first kappa shape index (κ1) is 16.9. The van der Waals surface area contributed by atoms with Gasteiger partial charge >= 0.3 is 0 Å². The molecule has 2 heterocycles. The largest absolute Gasteiger partial charge is 0.347 e. The third-order valence-electron chi connectivity index (χ3n) is 4.20. The SMILES string of the molecule is CC(C)c1ccc(-c2nc(C(=O)NCC3=CCNCC3)cs2)cc1. The number of hydrogen-bond acceptors (Lipinski definition) is 4. The van der Waals surface area contributed by atoms with Crippen molar-refractivity contribution in [2.45, 2.75) is 26.2 Å². The van der Waals surface area contributed by atoms with E-state index in [1.807, 2.05) is 5.38 Å². The molecule has 3 rings (SSSR count). The zero-order chi connectivity index (χ0) is 16.9. The first-order valence-electron chi connectivity index (χ1n) is 8.36. The average molecular weight is 341 g/mol. The Hall–Kier alpha value is -1.98. The van der Waals surface area contributed by atoms with Crippen molar-refractivity contribution in [1.82, 2.24) is 15.6 Å². The number of carbonyl (C=O) groups is 1. The van der Waals surface area contributed by atoms with E-state index in [2.05, 4.69) is 59.8 Å². The monoisotopic (exact) mass is 341 g/mol. The molecule has 1 aliphatic heterocycles. The minimum absolute atomic E-state index is 0.101. The quantitative estimate of drug-likeness (QED) is 0.817. The highest BCUT2D eigenvalue weighted by atomic mass is 32.1. The summed E-state index contributed by atoms with van der Waals surface area (Å²) in [6.45, 7) is 6.83. The molecule has 1 aliphatic rings. The molecule has 2 N–H and O–H groups in total. The number of amides is 1. The second-order valence-corrected chi connectivity index (χ2v) is 7.17. The smallest absolute Gasteiger partial charge is 0.271 e. The van der Waals surface area contributed by atoms with Gasteiger partial charge in [0.1, 0.15) is 10.7 Å². The Labute approximate surface area is 147 Å². The highest BCUT2D eigenvalue weighted by Crippen LogP contribution is 2.25. The Bertz CT molecular complexity index is 731. The van der Waals surface area contributed by atoms with Gasteiger partial charge < -0.3 is 10.6 Å². The van der Waals surface area contributed by atoms with Gasteiger partial charge in [0.2, 0.25) is 0 Å². The molecule has 0 bridgehead atoms. The predicted octanol–water partition coefficient (Wildman–Crippen LogP) is 3.58. The lowest BCUT2D eigenvalue weighted by molar-refractivity contribution is 0.0952. The lowest BCUT2D eigenvalue weighted by atomic mass is 10.0. The van der Waals surface area contributed by atoms with E-state index in [-0.39, 0.29) is 5.91 Å². The van der Waals surface area contributed by atoms with Crippen LogP contribution in [-0.2, 0) is 0 Å². The molecule has 0 radical (unpaired) electrons. The van der Waals surface area contributed by atoms with Crippen LogP contribution in [0.5, 0.6) is 0 Å². The number of rotatable bonds is 5. The second kappa shape index (κ2) is 7.73. The van der Waals surface area contributed by atoms with Crippen LogP contribution in [0.15, 0.2) is 41.3 Å². The number of carbonyl (C=O) groups excluding carboxylic acids is 1. The summed E-state index contributed by atoms with van der Waals surface area (Å²) < 4.78 is 0. The summed E-state index contributed by atoms with van der Waals surface area (Å²) in [5, 5.41) is 8.95. The number of benzene rings is 1. The van der Waals surface area contributed by atoms with Crippen LogP contribution >= 0.6 is 11.3 Å². The first-order valence-corrected chi connectivity index (χ1v) is 9.24. The number of hydrogen-bond donors (Lipinski definition) is 2. The summed E-state index contributed by atoms with van der Waals surface area (Å²) in [5.74, 6) is 0.414. The molecule has 0 spiro atoms. The van der Waals surface area contributed by atoms with E-state index in [0.29, 0.717) is 18.2 Å². The highest BCUT2D eigenvalue weighted by Gasteiger charge is 2.13. The summed E-state index contributed by atoms with van der Waals surface area (Å²) in [6.07, 6.45) is 3.14. The number of nitrogens with one attached hydrogen (secondary N) is 2. The molecule has 1 aromatic heterocycles. The minimum atomic E-state index is -0.101. The fourth-order valence-electron chi connectivity index (χ4n) is 2.64. The lowest BCUT2D eigenvalue weighted by Crippen LogP contribution is -2.29. The summed E-state index contributed by atoms with van der Waals surface area (Å²) in [4.78, 5) is 16.8. The third kappa shape index (κ3) is 4.10. The molecule has 0 fully saturated rings. The van der Waals surface area contributed by atoms with Crippen LogP contribution in [0.25, 0.3) is 10.6 Å². The number of thiazole rings is 1. The molecule has 2 aromatic rings. The van der Waals surface area contributed by atoms with Crippen molar-refractivity contribution < 1.29 is 4.79 Å². The zero-order valence-corrected chi connectivity index (χ0v) is 15.0. The topological polar surface area (TPSA) is 54.0 Å². The van der Waals surface area contributed by atoms with Gasteiger partial charge in [0.15, 0.2) is 0 Å². The molecule has 1 amide bonds. The maximum atomic E-state index is 12.3. The van der Waals surface area contributed by atoms with Crippen molar-refractivity contribution in [3.8, 4) is 10.6 Å². The maximum Gasteiger partial charge on any atom is 0.271 e. The maximum absolute atomic E-state index is 12.3. The first-order chi connectivity index (χ1) is 11.6. The van der Waals surface area contributed by atoms with Gasteiger partial charge in [-0.05, 0) is 24.4 Å². The van der Waals surface area contributed by atoms with Crippen LogP contribution in [0.4, 0.5) is 0 Å². The Balaban J connectivity index is 1.63. The fourth-order valence-corrected chi connectivity index (χ4v) is 3.44. The van der Waals surface area contributed by atoms with Crippen LogP contribution in [0, 0.1) is 0 Å². The van der Waals surface area contributed by atoms with Crippen molar-refractivity contribution in [3.05, 3.63) is 52.6 Å². The lowest BCUT2D eigenvalue weighted by Gasteiger charge is -2.14.